The predicted octanol–water partition coefficient (Wildman–Crippen LogP) is 5.84. The van der Waals surface area contributed by atoms with Gasteiger partial charge in [-0.15, -0.1) is 12.4 Å². The molecule has 1 aliphatic heterocycles. The van der Waals surface area contributed by atoms with Gasteiger partial charge in [0.05, 0.1) is 15.8 Å². The van der Waals surface area contributed by atoms with Crippen LogP contribution in [0.3, 0.4) is 0 Å². The molecule has 1 aliphatic rings. The van der Waals surface area contributed by atoms with Crippen molar-refractivity contribution in [2.24, 2.45) is 0 Å². The molecule has 0 fully saturated rings. The highest BCUT2D eigenvalue weighted by Gasteiger charge is 2.25. The zero-order valence-corrected chi connectivity index (χ0v) is 21.1. The Hall–Kier alpha value is -3.33. The van der Waals surface area contributed by atoms with Crippen LogP contribution < -0.4 is 19.1 Å². The smallest absolute Gasteiger partial charge is 0.263 e. The van der Waals surface area contributed by atoms with E-state index in [0.29, 0.717) is 40.2 Å². The standard InChI is InChI=1S/C26H25N3O4S.ClH/c1-28(2)13-8-14-29(26-27-20-15-22-23(32-17-31-22)16-24(20)34-26)25(30)19-11-6-7-12-21(19)33-18-9-4-3-5-10-18;/h3-7,9-12,15-16H,8,13-14,17H2,1-2H3;1H. The summed E-state index contributed by atoms with van der Waals surface area (Å²) in [5.41, 5.74) is 1.27. The van der Waals surface area contributed by atoms with E-state index in [1.807, 2.05) is 74.8 Å². The molecule has 1 amide bonds. The van der Waals surface area contributed by atoms with E-state index in [0.717, 1.165) is 23.2 Å². The highest BCUT2D eigenvalue weighted by Crippen LogP contribution is 2.40. The highest BCUT2D eigenvalue weighted by molar-refractivity contribution is 7.22. The van der Waals surface area contributed by atoms with Crippen molar-refractivity contribution in [1.82, 2.24) is 9.88 Å². The molecule has 35 heavy (non-hydrogen) atoms. The third-order valence-electron chi connectivity index (χ3n) is 5.42. The van der Waals surface area contributed by atoms with Gasteiger partial charge in [-0.2, -0.15) is 0 Å². The Morgan fingerprint density at radius 3 is 2.49 bits per heavy atom. The van der Waals surface area contributed by atoms with Crippen LogP contribution in [0.15, 0.2) is 66.7 Å². The molecule has 3 aromatic carbocycles. The fourth-order valence-electron chi connectivity index (χ4n) is 3.74. The lowest BCUT2D eigenvalue weighted by Crippen LogP contribution is -2.33. The summed E-state index contributed by atoms with van der Waals surface area (Å²) in [6.45, 7) is 1.60. The largest absolute Gasteiger partial charge is 0.457 e. The summed E-state index contributed by atoms with van der Waals surface area (Å²) in [5.74, 6) is 2.42. The second kappa shape index (κ2) is 10.9. The summed E-state index contributed by atoms with van der Waals surface area (Å²) in [6, 6.07) is 20.6. The van der Waals surface area contributed by atoms with E-state index in [1.165, 1.54) is 11.3 Å². The quantitative estimate of drug-likeness (QED) is 0.296. The van der Waals surface area contributed by atoms with Gasteiger partial charge in [-0.25, -0.2) is 4.98 Å². The van der Waals surface area contributed by atoms with Crippen molar-refractivity contribution >= 4 is 45.0 Å². The van der Waals surface area contributed by atoms with Crippen LogP contribution in [-0.4, -0.2) is 49.8 Å². The molecule has 4 aromatic rings. The van der Waals surface area contributed by atoms with E-state index in [1.54, 1.807) is 11.0 Å². The van der Waals surface area contributed by atoms with Gasteiger partial charge < -0.3 is 19.1 Å². The number of nitrogens with zero attached hydrogens (tertiary/aromatic N) is 3. The molecule has 0 unspecified atom stereocenters. The number of benzene rings is 3. The predicted molar refractivity (Wildman–Crippen MR) is 141 cm³/mol. The molecule has 0 aliphatic carbocycles. The van der Waals surface area contributed by atoms with Gasteiger partial charge >= 0.3 is 0 Å². The number of halogens is 1. The minimum Gasteiger partial charge on any atom is -0.457 e. The molecule has 7 nitrogen and oxygen atoms in total. The molecule has 0 bridgehead atoms. The zero-order valence-electron chi connectivity index (χ0n) is 19.5. The van der Waals surface area contributed by atoms with Gasteiger partial charge in [0.25, 0.3) is 5.91 Å². The first-order valence-electron chi connectivity index (χ1n) is 11.1. The lowest BCUT2D eigenvalue weighted by atomic mass is 10.1. The Kier molecular flexibility index (Phi) is 7.75. The second-order valence-corrected chi connectivity index (χ2v) is 9.20. The summed E-state index contributed by atoms with van der Waals surface area (Å²) >= 11 is 1.47. The molecule has 1 aromatic heterocycles. The van der Waals surface area contributed by atoms with Crippen LogP contribution in [0, 0.1) is 0 Å². The van der Waals surface area contributed by atoms with Crippen LogP contribution in [0.4, 0.5) is 5.13 Å². The number of carbonyl (C=O) groups excluding carboxylic acids is 1. The molecule has 2 heterocycles. The summed E-state index contributed by atoms with van der Waals surface area (Å²) in [6.07, 6.45) is 0.805. The topological polar surface area (TPSA) is 64.1 Å². The van der Waals surface area contributed by atoms with E-state index in [-0.39, 0.29) is 25.1 Å². The number of anilines is 1. The van der Waals surface area contributed by atoms with Gasteiger partial charge in [-0.3, -0.25) is 9.69 Å². The number of hydrogen-bond donors (Lipinski definition) is 0. The molecule has 9 heteroatoms. The summed E-state index contributed by atoms with van der Waals surface area (Å²) in [4.78, 5) is 22.5. The van der Waals surface area contributed by atoms with Gasteiger partial charge in [0.1, 0.15) is 11.5 Å². The van der Waals surface area contributed by atoms with Gasteiger partial charge in [-0.05, 0) is 51.3 Å². The fourth-order valence-corrected chi connectivity index (χ4v) is 4.74. The van der Waals surface area contributed by atoms with Gasteiger partial charge in [0.2, 0.25) is 6.79 Å². The first-order valence-corrected chi connectivity index (χ1v) is 11.9. The Morgan fingerprint density at radius 2 is 1.71 bits per heavy atom. The Morgan fingerprint density at radius 1 is 1.00 bits per heavy atom. The van der Waals surface area contributed by atoms with Crippen molar-refractivity contribution in [3.05, 3.63) is 72.3 Å². The second-order valence-electron chi connectivity index (χ2n) is 8.19. The van der Waals surface area contributed by atoms with Crippen LogP contribution in [0.25, 0.3) is 10.2 Å². The minimum atomic E-state index is -0.149. The van der Waals surface area contributed by atoms with Crippen molar-refractivity contribution < 1.29 is 19.0 Å². The maximum Gasteiger partial charge on any atom is 0.263 e. The Bertz CT molecular complexity index is 1270. The van der Waals surface area contributed by atoms with E-state index < -0.39 is 0 Å². The summed E-state index contributed by atoms with van der Waals surface area (Å²) in [5, 5.41) is 0.636. The first-order chi connectivity index (χ1) is 16.6. The molecule has 0 radical (unpaired) electrons. The first kappa shape index (κ1) is 24.8. The molecular formula is C26H26ClN3O4S. The molecule has 182 valence electrons. The average molecular weight is 512 g/mol. The van der Waals surface area contributed by atoms with E-state index in [4.69, 9.17) is 19.2 Å². The SMILES string of the molecule is CN(C)CCCN(C(=O)c1ccccc1Oc1ccccc1)c1nc2cc3c(cc2s1)OCO3.Cl. The van der Waals surface area contributed by atoms with Crippen molar-refractivity contribution in [2.45, 2.75) is 6.42 Å². The number of thiazole rings is 1. The summed E-state index contributed by atoms with van der Waals surface area (Å²) < 4.78 is 18.0. The van der Waals surface area contributed by atoms with E-state index in [2.05, 4.69) is 4.90 Å². The van der Waals surface area contributed by atoms with Crippen LogP contribution in [0.2, 0.25) is 0 Å². The number of para-hydroxylation sites is 2. The molecule has 0 N–H and O–H groups in total. The molecule has 0 atom stereocenters. The van der Waals surface area contributed by atoms with E-state index >= 15 is 0 Å². The van der Waals surface area contributed by atoms with Gasteiger partial charge in [0.15, 0.2) is 16.6 Å². The normalized spacial score (nSPS) is 12.0. The minimum absolute atomic E-state index is 0. The number of rotatable bonds is 8. The van der Waals surface area contributed by atoms with Crippen molar-refractivity contribution in [3.8, 4) is 23.0 Å². The van der Waals surface area contributed by atoms with Crippen LogP contribution in [0.1, 0.15) is 16.8 Å². The number of carbonyl (C=O) groups is 1. The molecule has 0 spiro atoms. The fraction of sp³-hybridized carbons (Fsp3) is 0.231. The highest BCUT2D eigenvalue weighted by atomic mass is 35.5. The van der Waals surface area contributed by atoms with Crippen LogP contribution in [-0.2, 0) is 0 Å². The van der Waals surface area contributed by atoms with Crippen molar-refractivity contribution in [1.29, 1.82) is 0 Å². The number of hydrogen-bond acceptors (Lipinski definition) is 7. The average Bonchev–Trinajstić information content (AvgIpc) is 3.46. The zero-order chi connectivity index (χ0) is 23.5. The third kappa shape index (κ3) is 5.51. The molecule has 0 saturated heterocycles. The number of ether oxygens (including phenoxy) is 3. The Labute approximate surface area is 214 Å². The lowest BCUT2D eigenvalue weighted by molar-refractivity contribution is 0.0984. The Balaban J connectivity index is 0.00000289. The van der Waals surface area contributed by atoms with Crippen molar-refractivity contribution in [3.63, 3.8) is 0 Å². The number of amides is 1. The van der Waals surface area contributed by atoms with Gasteiger partial charge in [0, 0.05) is 18.7 Å². The van der Waals surface area contributed by atoms with E-state index in [9.17, 15) is 4.79 Å². The monoisotopic (exact) mass is 511 g/mol. The maximum atomic E-state index is 13.9. The van der Waals surface area contributed by atoms with Crippen molar-refractivity contribution in [2.75, 3.05) is 38.9 Å². The maximum absolute atomic E-state index is 13.9. The van der Waals surface area contributed by atoms with Crippen LogP contribution in [0.5, 0.6) is 23.0 Å². The molecular weight excluding hydrogens is 486 g/mol. The molecule has 5 rings (SSSR count). The summed E-state index contributed by atoms with van der Waals surface area (Å²) in [7, 11) is 4.04. The third-order valence-corrected chi connectivity index (χ3v) is 6.46. The molecule has 0 saturated carbocycles. The number of aromatic nitrogens is 1. The van der Waals surface area contributed by atoms with Gasteiger partial charge in [-0.1, -0.05) is 41.7 Å². The number of fused-ring (bicyclic) bond motifs is 2. The lowest BCUT2D eigenvalue weighted by Gasteiger charge is -2.22. The van der Waals surface area contributed by atoms with Crippen LogP contribution >= 0.6 is 23.7 Å².